The number of aliphatic carboxylic acids is 2. The van der Waals surface area contributed by atoms with Crippen molar-refractivity contribution in [2.24, 2.45) is 5.73 Å². The van der Waals surface area contributed by atoms with Crippen LogP contribution in [-0.2, 0) is 9.59 Å². The number of aromatic hydroxyl groups is 2. The monoisotopic (exact) mass is 243 g/mol. The first-order valence-electron chi connectivity index (χ1n) is 4.45. The van der Waals surface area contributed by atoms with E-state index in [1.807, 2.05) is 0 Å². The number of phenols is 2. The van der Waals surface area contributed by atoms with E-state index in [1.54, 1.807) is 0 Å². The summed E-state index contributed by atoms with van der Waals surface area (Å²) in [4.78, 5) is 19.4. The number of carbonyl (C=O) groups is 2. The molecule has 17 heavy (non-hydrogen) atoms. The third-order valence-electron chi connectivity index (χ3n) is 1.62. The van der Waals surface area contributed by atoms with Gasteiger partial charge in [-0.1, -0.05) is 6.07 Å². The molecule has 0 aliphatic carbocycles. The van der Waals surface area contributed by atoms with Crippen molar-refractivity contribution in [3.05, 3.63) is 23.8 Å². The number of hydrogen-bond acceptors (Lipinski definition) is 5. The molecule has 0 saturated heterocycles. The molecule has 0 spiro atoms. The van der Waals surface area contributed by atoms with Crippen molar-refractivity contribution < 1.29 is 30.0 Å². The Balaban J connectivity index is 0.000000557. The summed E-state index contributed by atoms with van der Waals surface area (Å²) in [6, 6.07) is 2.46. The molecule has 1 aromatic rings. The number of hydrogen-bond donors (Lipinski definition) is 5. The molecular weight excluding hydrogens is 230 g/mol. The highest BCUT2D eigenvalue weighted by molar-refractivity contribution is 5.75. The second kappa shape index (κ2) is 6.33. The maximum atomic E-state index is 10.4. The van der Waals surface area contributed by atoms with Crippen LogP contribution in [0.4, 0.5) is 0 Å². The molecule has 0 heterocycles. The Morgan fingerprint density at radius 1 is 1.18 bits per heavy atom. The highest BCUT2D eigenvalue weighted by atomic mass is 16.4. The molecule has 0 aliphatic rings. The normalized spacial score (nSPS) is 10.9. The lowest BCUT2D eigenvalue weighted by atomic mass is 10.1. The molecule has 1 aromatic carbocycles. The molecule has 0 amide bonds. The minimum atomic E-state index is -1.19. The molecule has 1 unspecified atom stereocenters. The van der Waals surface area contributed by atoms with Crippen molar-refractivity contribution in [1.82, 2.24) is 0 Å². The Morgan fingerprint density at radius 3 is 2.00 bits per heavy atom. The highest BCUT2D eigenvalue weighted by Gasteiger charge is 2.15. The third kappa shape index (κ3) is 5.38. The summed E-state index contributed by atoms with van der Waals surface area (Å²) < 4.78 is 0. The molecule has 1 rings (SSSR count). The largest absolute Gasteiger partial charge is 0.504 e. The van der Waals surface area contributed by atoms with Gasteiger partial charge in [0.1, 0.15) is 6.04 Å². The van der Waals surface area contributed by atoms with Crippen LogP contribution in [0, 0.1) is 0 Å². The number of carboxylic acid groups (broad SMARTS) is 2. The molecule has 0 bridgehead atoms. The van der Waals surface area contributed by atoms with Gasteiger partial charge in [-0.15, -0.1) is 0 Å². The predicted octanol–water partition coefficient (Wildman–Crippen LogP) is 0.273. The first kappa shape index (κ1) is 14.7. The Kier molecular flexibility index (Phi) is 5.48. The number of benzene rings is 1. The maximum Gasteiger partial charge on any atom is 0.325 e. The fraction of sp³-hybridized carbons (Fsp3) is 0.200. The van der Waals surface area contributed by atoms with Gasteiger partial charge in [0, 0.05) is 6.92 Å². The van der Waals surface area contributed by atoms with E-state index < -0.39 is 18.0 Å². The van der Waals surface area contributed by atoms with Crippen LogP contribution in [0.5, 0.6) is 11.5 Å². The van der Waals surface area contributed by atoms with Gasteiger partial charge >= 0.3 is 5.97 Å². The molecule has 6 N–H and O–H groups in total. The summed E-state index contributed by atoms with van der Waals surface area (Å²) in [5, 5.41) is 33.9. The number of phenolic OH excluding ortho intramolecular Hbond substituents is 2. The van der Waals surface area contributed by atoms with Gasteiger partial charge in [0.05, 0.1) is 0 Å². The van der Waals surface area contributed by atoms with Gasteiger partial charge in [-0.3, -0.25) is 9.59 Å². The topological polar surface area (TPSA) is 141 Å². The van der Waals surface area contributed by atoms with Crippen LogP contribution in [0.15, 0.2) is 18.2 Å². The van der Waals surface area contributed by atoms with Crippen LogP contribution in [-0.4, -0.2) is 32.4 Å². The van der Waals surface area contributed by atoms with Gasteiger partial charge in [0.2, 0.25) is 0 Å². The zero-order valence-electron chi connectivity index (χ0n) is 8.99. The SMILES string of the molecule is CC(=O)O.NC(C(=O)O)c1ccc(O)c(O)c1. The van der Waals surface area contributed by atoms with Gasteiger partial charge in [0.15, 0.2) is 11.5 Å². The van der Waals surface area contributed by atoms with Crippen LogP contribution >= 0.6 is 0 Å². The molecule has 0 fully saturated rings. The molecule has 94 valence electrons. The van der Waals surface area contributed by atoms with E-state index in [1.165, 1.54) is 12.1 Å². The molecule has 0 aliphatic heterocycles. The maximum absolute atomic E-state index is 10.4. The zero-order valence-corrected chi connectivity index (χ0v) is 8.99. The molecule has 7 heteroatoms. The molecule has 1 atom stereocenters. The van der Waals surface area contributed by atoms with Crippen LogP contribution < -0.4 is 5.73 Å². The average molecular weight is 243 g/mol. The van der Waals surface area contributed by atoms with E-state index in [2.05, 4.69) is 0 Å². The molecule has 0 saturated carbocycles. The lowest BCUT2D eigenvalue weighted by Gasteiger charge is -2.07. The van der Waals surface area contributed by atoms with Gasteiger partial charge in [-0.05, 0) is 17.7 Å². The smallest absolute Gasteiger partial charge is 0.325 e. The fourth-order valence-electron chi connectivity index (χ4n) is 0.876. The van der Waals surface area contributed by atoms with Crippen LogP contribution in [0.1, 0.15) is 18.5 Å². The predicted molar refractivity (Wildman–Crippen MR) is 57.6 cm³/mol. The Morgan fingerprint density at radius 2 is 1.65 bits per heavy atom. The lowest BCUT2D eigenvalue weighted by Crippen LogP contribution is -2.20. The molecular formula is C10H13NO6. The summed E-state index contributed by atoms with van der Waals surface area (Å²) in [5.41, 5.74) is 5.50. The summed E-state index contributed by atoms with van der Waals surface area (Å²) in [6.45, 7) is 1.08. The third-order valence-corrected chi connectivity index (χ3v) is 1.62. The van der Waals surface area contributed by atoms with Crippen molar-refractivity contribution >= 4 is 11.9 Å². The number of rotatable bonds is 2. The minimum Gasteiger partial charge on any atom is -0.504 e. The van der Waals surface area contributed by atoms with Crippen LogP contribution in [0.2, 0.25) is 0 Å². The fourth-order valence-corrected chi connectivity index (χ4v) is 0.876. The Hall–Kier alpha value is -2.28. The summed E-state index contributed by atoms with van der Waals surface area (Å²) in [6.07, 6.45) is 0. The van der Waals surface area contributed by atoms with E-state index in [9.17, 15) is 4.79 Å². The van der Waals surface area contributed by atoms with Crippen molar-refractivity contribution in [3.63, 3.8) is 0 Å². The number of carboxylic acids is 2. The molecule has 7 nitrogen and oxygen atoms in total. The Labute approximate surface area is 96.7 Å². The first-order chi connectivity index (χ1) is 7.75. The van der Waals surface area contributed by atoms with Crippen molar-refractivity contribution in [2.45, 2.75) is 13.0 Å². The van der Waals surface area contributed by atoms with Crippen molar-refractivity contribution in [1.29, 1.82) is 0 Å². The lowest BCUT2D eigenvalue weighted by molar-refractivity contribution is -0.138. The van der Waals surface area contributed by atoms with Gasteiger partial charge in [-0.25, -0.2) is 0 Å². The Bertz CT molecular complexity index is 413. The van der Waals surface area contributed by atoms with E-state index in [4.69, 9.17) is 31.0 Å². The van der Waals surface area contributed by atoms with Crippen LogP contribution in [0.25, 0.3) is 0 Å². The molecule has 0 aromatic heterocycles. The standard InChI is InChI=1S/C8H9NO4.C2H4O2/c9-7(8(12)13)4-1-2-5(10)6(11)3-4;1-2(3)4/h1-3,7,10-11H,9H2,(H,12,13);1H3,(H,3,4). The second-order valence-electron chi connectivity index (χ2n) is 3.08. The summed E-state index contributed by atoms with van der Waals surface area (Å²) in [7, 11) is 0. The second-order valence-corrected chi connectivity index (χ2v) is 3.08. The first-order valence-corrected chi connectivity index (χ1v) is 4.45. The van der Waals surface area contributed by atoms with E-state index in [-0.39, 0.29) is 17.1 Å². The van der Waals surface area contributed by atoms with E-state index in [0.717, 1.165) is 13.0 Å². The average Bonchev–Trinajstić information content (AvgIpc) is 2.20. The van der Waals surface area contributed by atoms with Crippen LogP contribution in [0.3, 0.4) is 0 Å². The minimum absolute atomic E-state index is 0.239. The summed E-state index contributed by atoms with van der Waals surface area (Å²) in [5.74, 6) is -2.71. The van der Waals surface area contributed by atoms with Gasteiger partial charge in [-0.2, -0.15) is 0 Å². The quantitative estimate of drug-likeness (QED) is 0.469. The van der Waals surface area contributed by atoms with Gasteiger partial charge in [0.25, 0.3) is 5.97 Å². The summed E-state index contributed by atoms with van der Waals surface area (Å²) >= 11 is 0. The van der Waals surface area contributed by atoms with E-state index >= 15 is 0 Å². The van der Waals surface area contributed by atoms with Crippen molar-refractivity contribution in [3.8, 4) is 11.5 Å². The van der Waals surface area contributed by atoms with Gasteiger partial charge < -0.3 is 26.2 Å². The zero-order chi connectivity index (χ0) is 13.6. The van der Waals surface area contributed by atoms with Crippen molar-refractivity contribution in [2.75, 3.05) is 0 Å². The highest BCUT2D eigenvalue weighted by Crippen LogP contribution is 2.26. The number of nitrogens with two attached hydrogens (primary N) is 1. The molecule has 0 radical (unpaired) electrons. The van der Waals surface area contributed by atoms with E-state index in [0.29, 0.717) is 0 Å².